The molecule has 0 radical (unpaired) electrons. The standard InChI is InChI=1S/C19H20F6N4O5/c1-8-5-10(34-19(23,24)25)6-9-7-11(14(18(20,21)22)33-13(8)9)15(30)29-12(16(31)32)3-2-4-28-17(26)27/h5-7,12,14H,2-4H2,1H3,(H,29,30)(H,31,32)(H4,26,27,28)/t12?,14-/m0/s1. The van der Waals surface area contributed by atoms with Crippen molar-refractivity contribution in [3.05, 3.63) is 28.8 Å². The third-order valence-electron chi connectivity index (χ3n) is 4.45. The van der Waals surface area contributed by atoms with Crippen LogP contribution >= 0.6 is 0 Å². The number of alkyl halides is 6. The molecule has 0 bridgehead atoms. The predicted molar refractivity (Wildman–Crippen MR) is 106 cm³/mol. The zero-order chi connectivity index (χ0) is 25.8. The zero-order valence-electron chi connectivity index (χ0n) is 17.5. The molecular formula is C19H20F6N4O5. The molecule has 0 aromatic heterocycles. The van der Waals surface area contributed by atoms with Crippen molar-refractivity contribution in [2.75, 3.05) is 6.54 Å². The molecule has 15 heteroatoms. The number of nitrogens with zero attached hydrogens (tertiary/aromatic N) is 1. The van der Waals surface area contributed by atoms with Crippen molar-refractivity contribution in [2.45, 2.75) is 44.4 Å². The topological polar surface area (TPSA) is 149 Å². The minimum Gasteiger partial charge on any atom is -0.480 e. The third-order valence-corrected chi connectivity index (χ3v) is 4.45. The molecule has 0 saturated heterocycles. The van der Waals surface area contributed by atoms with Crippen LogP contribution in [0.25, 0.3) is 6.08 Å². The van der Waals surface area contributed by atoms with Gasteiger partial charge in [0.25, 0.3) is 5.91 Å². The van der Waals surface area contributed by atoms with E-state index in [-0.39, 0.29) is 36.5 Å². The van der Waals surface area contributed by atoms with Crippen molar-refractivity contribution < 1.29 is 50.5 Å². The van der Waals surface area contributed by atoms with Crippen LogP contribution < -0.4 is 26.3 Å². The Morgan fingerprint density at radius 2 is 1.88 bits per heavy atom. The van der Waals surface area contributed by atoms with Gasteiger partial charge >= 0.3 is 18.5 Å². The van der Waals surface area contributed by atoms with E-state index in [9.17, 15) is 41.0 Å². The number of nitrogens with one attached hydrogen (secondary N) is 1. The number of hydrogen-bond donors (Lipinski definition) is 4. The fraction of sp³-hybridized carbons (Fsp3) is 0.421. The summed E-state index contributed by atoms with van der Waals surface area (Å²) in [4.78, 5) is 27.7. The molecule has 2 rings (SSSR count). The molecule has 1 aromatic carbocycles. The fourth-order valence-electron chi connectivity index (χ4n) is 3.08. The lowest BCUT2D eigenvalue weighted by Gasteiger charge is -2.30. The number of carbonyl (C=O) groups is 2. The van der Waals surface area contributed by atoms with E-state index in [4.69, 9.17) is 16.2 Å². The lowest BCUT2D eigenvalue weighted by atomic mass is 9.97. The number of carboxylic acid groups (broad SMARTS) is 1. The molecule has 0 aliphatic carbocycles. The number of carboxylic acids is 1. The molecule has 0 spiro atoms. The highest BCUT2D eigenvalue weighted by atomic mass is 19.4. The highest BCUT2D eigenvalue weighted by molar-refractivity contribution is 6.01. The van der Waals surface area contributed by atoms with Gasteiger partial charge in [0.05, 0.1) is 5.57 Å². The minimum absolute atomic E-state index is 0.00754. The zero-order valence-corrected chi connectivity index (χ0v) is 17.5. The molecule has 9 nitrogen and oxygen atoms in total. The summed E-state index contributed by atoms with van der Waals surface area (Å²) in [6.45, 7) is 1.21. The van der Waals surface area contributed by atoms with Crippen LogP contribution in [0.1, 0.15) is 24.0 Å². The number of benzene rings is 1. The van der Waals surface area contributed by atoms with Crippen molar-refractivity contribution in [1.82, 2.24) is 5.32 Å². The first-order valence-corrected chi connectivity index (χ1v) is 9.53. The lowest BCUT2D eigenvalue weighted by Crippen LogP contribution is -2.47. The summed E-state index contributed by atoms with van der Waals surface area (Å²) in [6, 6.07) is -0.0190. The van der Waals surface area contributed by atoms with Crippen molar-refractivity contribution in [3.8, 4) is 11.5 Å². The molecule has 1 aliphatic rings. The van der Waals surface area contributed by atoms with Gasteiger partial charge in [0.15, 0.2) is 5.96 Å². The second kappa shape index (κ2) is 10.1. The molecule has 1 aliphatic heterocycles. The second-order valence-corrected chi connectivity index (χ2v) is 7.16. The van der Waals surface area contributed by atoms with Gasteiger partial charge < -0.3 is 31.4 Å². The van der Waals surface area contributed by atoms with Crippen LogP contribution in [0, 0.1) is 6.92 Å². The van der Waals surface area contributed by atoms with Crippen LogP contribution in [0.5, 0.6) is 11.5 Å². The van der Waals surface area contributed by atoms with E-state index in [2.05, 4.69) is 9.73 Å². The number of nitrogens with two attached hydrogens (primary N) is 2. The number of amides is 1. The van der Waals surface area contributed by atoms with Gasteiger partial charge in [-0.3, -0.25) is 9.79 Å². The Morgan fingerprint density at radius 3 is 2.41 bits per heavy atom. The number of hydrogen-bond acceptors (Lipinski definition) is 5. The quantitative estimate of drug-likeness (QED) is 0.186. The molecule has 0 saturated carbocycles. The summed E-state index contributed by atoms with van der Waals surface area (Å²) in [5, 5.41) is 11.3. The SMILES string of the molecule is Cc1cc(OC(F)(F)F)cc2c1O[C@H](C(F)(F)F)C(C(=O)NC(CCCN=C(N)N)C(=O)O)=C2. The predicted octanol–water partition coefficient (Wildman–Crippen LogP) is 2.22. The average Bonchev–Trinajstić information content (AvgIpc) is 2.66. The van der Waals surface area contributed by atoms with Gasteiger partial charge in [-0.1, -0.05) is 0 Å². The van der Waals surface area contributed by atoms with Crippen LogP contribution in [-0.2, 0) is 9.59 Å². The minimum atomic E-state index is -5.10. The normalized spacial score (nSPS) is 16.4. The maximum absolute atomic E-state index is 13.6. The molecule has 1 heterocycles. The van der Waals surface area contributed by atoms with Gasteiger partial charge in [-0.15, -0.1) is 13.2 Å². The van der Waals surface area contributed by atoms with Crippen LogP contribution in [-0.4, -0.2) is 54.2 Å². The second-order valence-electron chi connectivity index (χ2n) is 7.16. The highest BCUT2D eigenvalue weighted by Crippen LogP contribution is 2.41. The van der Waals surface area contributed by atoms with Gasteiger partial charge in [0, 0.05) is 12.1 Å². The number of aryl methyl sites for hydroxylation is 1. The third kappa shape index (κ3) is 7.18. The summed E-state index contributed by atoms with van der Waals surface area (Å²) < 4.78 is 87.3. The molecule has 1 unspecified atom stereocenters. The van der Waals surface area contributed by atoms with Gasteiger partial charge in [0.1, 0.15) is 17.5 Å². The highest BCUT2D eigenvalue weighted by Gasteiger charge is 2.49. The van der Waals surface area contributed by atoms with E-state index in [0.717, 1.165) is 12.1 Å². The summed E-state index contributed by atoms with van der Waals surface area (Å²) in [5.41, 5.74) is 8.84. The number of rotatable bonds is 8. The summed E-state index contributed by atoms with van der Waals surface area (Å²) in [5.74, 6) is -4.35. The van der Waals surface area contributed by atoms with Crippen LogP contribution in [0.2, 0.25) is 0 Å². The van der Waals surface area contributed by atoms with E-state index in [0.29, 0.717) is 6.08 Å². The Balaban J connectivity index is 2.37. The Kier molecular flexibility index (Phi) is 7.89. The first-order valence-electron chi connectivity index (χ1n) is 9.53. The van der Waals surface area contributed by atoms with Crippen molar-refractivity contribution >= 4 is 23.9 Å². The maximum Gasteiger partial charge on any atom is 0.573 e. The molecular weight excluding hydrogens is 478 g/mol. The Morgan fingerprint density at radius 1 is 1.24 bits per heavy atom. The number of aliphatic carboxylic acids is 1. The number of guanidine groups is 1. The van der Waals surface area contributed by atoms with Crippen LogP contribution in [0.3, 0.4) is 0 Å². The van der Waals surface area contributed by atoms with E-state index < -0.39 is 53.6 Å². The molecule has 1 aromatic rings. The lowest BCUT2D eigenvalue weighted by molar-refractivity contribution is -0.274. The average molecular weight is 498 g/mol. The van der Waals surface area contributed by atoms with Gasteiger partial charge in [-0.25, -0.2) is 4.79 Å². The Labute approximate surface area is 188 Å². The van der Waals surface area contributed by atoms with Crippen molar-refractivity contribution in [1.29, 1.82) is 0 Å². The number of ether oxygens (including phenoxy) is 2. The monoisotopic (exact) mass is 498 g/mol. The molecule has 1 amide bonds. The van der Waals surface area contributed by atoms with Crippen molar-refractivity contribution in [2.24, 2.45) is 16.5 Å². The molecule has 2 atom stereocenters. The van der Waals surface area contributed by atoms with Gasteiger partial charge in [-0.2, -0.15) is 13.2 Å². The summed E-state index contributed by atoms with van der Waals surface area (Å²) >= 11 is 0. The van der Waals surface area contributed by atoms with E-state index in [1.807, 2.05) is 5.32 Å². The Hall–Kier alpha value is -3.65. The van der Waals surface area contributed by atoms with Crippen LogP contribution in [0.15, 0.2) is 22.7 Å². The summed E-state index contributed by atoms with van der Waals surface area (Å²) in [6.07, 6.45) is -12.4. The smallest absolute Gasteiger partial charge is 0.480 e. The van der Waals surface area contributed by atoms with Gasteiger partial charge in [-0.05, 0) is 43.5 Å². The van der Waals surface area contributed by atoms with Crippen molar-refractivity contribution in [3.63, 3.8) is 0 Å². The first-order chi connectivity index (χ1) is 15.6. The maximum atomic E-state index is 13.6. The van der Waals surface area contributed by atoms with Gasteiger partial charge in [0.2, 0.25) is 6.10 Å². The van der Waals surface area contributed by atoms with E-state index in [1.54, 1.807) is 0 Å². The van der Waals surface area contributed by atoms with E-state index >= 15 is 0 Å². The molecule has 34 heavy (non-hydrogen) atoms. The molecule has 6 N–H and O–H groups in total. The number of aliphatic imine (C=N–C) groups is 1. The van der Waals surface area contributed by atoms with E-state index in [1.165, 1.54) is 6.92 Å². The largest absolute Gasteiger partial charge is 0.573 e. The number of carbonyl (C=O) groups excluding carboxylic acids is 1. The molecule has 188 valence electrons. The molecule has 0 fully saturated rings. The fourth-order valence-corrected chi connectivity index (χ4v) is 3.08. The first kappa shape index (κ1) is 26.6. The Bertz CT molecular complexity index is 1000. The number of halogens is 6. The van der Waals surface area contributed by atoms with Crippen LogP contribution in [0.4, 0.5) is 26.3 Å². The summed E-state index contributed by atoms with van der Waals surface area (Å²) in [7, 11) is 0. The number of fused-ring (bicyclic) bond motifs is 1.